The van der Waals surface area contributed by atoms with Crippen LogP contribution in [-0.2, 0) is 14.3 Å². The zero-order chi connectivity index (χ0) is 8.85. The van der Waals surface area contributed by atoms with Gasteiger partial charge in [-0.15, -0.1) is 0 Å². The third-order valence-electron chi connectivity index (χ3n) is 1.19. The van der Waals surface area contributed by atoms with Crippen LogP contribution in [0.5, 0.6) is 0 Å². The molecule has 0 saturated heterocycles. The van der Waals surface area contributed by atoms with Crippen LogP contribution in [-0.4, -0.2) is 25.0 Å². The molecule has 0 aliphatic carbocycles. The van der Waals surface area contributed by atoms with E-state index in [1.54, 1.807) is 6.92 Å². The summed E-state index contributed by atoms with van der Waals surface area (Å²) < 4.78 is 16.6. The van der Waals surface area contributed by atoms with Gasteiger partial charge in [0.15, 0.2) is 5.78 Å². The number of carbonyl (C=O) groups is 2. The highest BCUT2D eigenvalue weighted by atomic mass is 19.1. The topological polar surface area (TPSA) is 43.4 Å². The number of ketones is 1. The van der Waals surface area contributed by atoms with Gasteiger partial charge in [0.2, 0.25) is 0 Å². The van der Waals surface area contributed by atoms with E-state index in [2.05, 4.69) is 4.74 Å². The molecule has 0 rings (SSSR count). The Bertz CT molecular complexity index is 156. The molecule has 0 saturated carbocycles. The molecular weight excluding hydrogens is 151 g/mol. The highest BCUT2D eigenvalue weighted by molar-refractivity contribution is 6.01. The van der Waals surface area contributed by atoms with Crippen LogP contribution in [0.1, 0.15) is 19.8 Å². The van der Waals surface area contributed by atoms with Crippen LogP contribution in [0.3, 0.4) is 0 Å². The van der Waals surface area contributed by atoms with Crippen LogP contribution in [0, 0.1) is 0 Å². The van der Waals surface area contributed by atoms with E-state index in [1.807, 2.05) is 0 Å². The maximum atomic E-state index is 12.6. The van der Waals surface area contributed by atoms with Crippen molar-refractivity contribution in [3.05, 3.63) is 0 Å². The van der Waals surface area contributed by atoms with Crippen molar-refractivity contribution in [1.82, 2.24) is 0 Å². The predicted molar refractivity (Wildman–Crippen MR) is 36.8 cm³/mol. The monoisotopic (exact) mass is 162 g/mol. The molecule has 0 aromatic carbocycles. The van der Waals surface area contributed by atoms with Gasteiger partial charge < -0.3 is 4.74 Å². The normalized spacial score (nSPS) is 12.3. The number of hydrogen-bond donors (Lipinski definition) is 0. The minimum atomic E-state index is -2.10. The molecule has 0 heterocycles. The largest absolute Gasteiger partial charge is 0.467 e. The fraction of sp³-hybridized carbons (Fsp3) is 0.714. The second-order valence-electron chi connectivity index (χ2n) is 2.10. The van der Waals surface area contributed by atoms with E-state index in [-0.39, 0.29) is 6.42 Å². The van der Waals surface area contributed by atoms with Crippen molar-refractivity contribution >= 4 is 11.8 Å². The molecule has 4 heteroatoms. The van der Waals surface area contributed by atoms with E-state index in [4.69, 9.17) is 0 Å². The van der Waals surface area contributed by atoms with E-state index in [9.17, 15) is 14.0 Å². The lowest BCUT2D eigenvalue weighted by atomic mass is 10.1. The lowest BCUT2D eigenvalue weighted by Crippen LogP contribution is -2.26. The quantitative estimate of drug-likeness (QED) is 0.455. The van der Waals surface area contributed by atoms with Gasteiger partial charge in [-0.2, -0.15) is 0 Å². The van der Waals surface area contributed by atoms with Gasteiger partial charge in [0, 0.05) is 6.42 Å². The van der Waals surface area contributed by atoms with Gasteiger partial charge in [0.25, 0.3) is 6.17 Å². The van der Waals surface area contributed by atoms with Crippen molar-refractivity contribution < 1.29 is 18.7 Å². The molecule has 64 valence electrons. The highest BCUT2D eigenvalue weighted by Crippen LogP contribution is 2.01. The summed E-state index contributed by atoms with van der Waals surface area (Å²) in [6.45, 7) is 1.74. The molecule has 0 amide bonds. The van der Waals surface area contributed by atoms with Gasteiger partial charge in [-0.25, -0.2) is 9.18 Å². The Balaban J connectivity index is 3.91. The van der Waals surface area contributed by atoms with Crippen molar-refractivity contribution in [1.29, 1.82) is 0 Å². The Kier molecular flexibility index (Phi) is 4.41. The van der Waals surface area contributed by atoms with E-state index < -0.39 is 17.9 Å². The van der Waals surface area contributed by atoms with Crippen LogP contribution < -0.4 is 0 Å². The molecule has 0 aromatic heterocycles. The van der Waals surface area contributed by atoms with Gasteiger partial charge in [-0.1, -0.05) is 6.92 Å². The predicted octanol–water partition coefficient (Wildman–Crippen LogP) is 0.867. The van der Waals surface area contributed by atoms with Crippen molar-refractivity contribution in [3.8, 4) is 0 Å². The number of esters is 1. The molecule has 0 N–H and O–H groups in total. The minimum Gasteiger partial charge on any atom is -0.467 e. The minimum absolute atomic E-state index is 0.0796. The van der Waals surface area contributed by atoms with Gasteiger partial charge in [-0.05, 0) is 6.42 Å². The van der Waals surface area contributed by atoms with Crippen LogP contribution in [0.25, 0.3) is 0 Å². The Morgan fingerprint density at radius 3 is 2.45 bits per heavy atom. The maximum Gasteiger partial charge on any atom is 0.348 e. The number of ether oxygens (including phenoxy) is 1. The molecule has 0 fully saturated rings. The first-order chi connectivity index (χ1) is 5.13. The van der Waals surface area contributed by atoms with Crippen LogP contribution in [0.4, 0.5) is 4.39 Å². The molecule has 0 aliphatic rings. The summed E-state index contributed by atoms with van der Waals surface area (Å²) in [6, 6.07) is 0. The summed E-state index contributed by atoms with van der Waals surface area (Å²) >= 11 is 0. The molecule has 3 nitrogen and oxygen atoms in total. The third kappa shape index (κ3) is 3.11. The number of alkyl halides is 1. The Morgan fingerprint density at radius 1 is 1.55 bits per heavy atom. The maximum absolute atomic E-state index is 12.6. The molecule has 1 unspecified atom stereocenters. The molecule has 0 bridgehead atoms. The average molecular weight is 162 g/mol. The Hall–Kier alpha value is -0.930. The lowest BCUT2D eigenvalue weighted by molar-refractivity contribution is -0.150. The molecule has 0 aliphatic heterocycles. The standard InChI is InChI=1S/C7H11FO3/c1-3-4-5(9)6(8)7(10)11-2/h6H,3-4H2,1-2H3. The van der Waals surface area contributed by atoms with E-state index in [0.717, 1.165) is 7.11 Å². The van der Waals surface area contributed by atoms with Crippen LogP contribution in [0.15, 0.2) is 0 Å². The van der Waals surface area contributed by atoms with E-state index in [0.29, 0.717) is 6.42 Å². The summed E-state index contributed by atoms with van der Waals surface area (Å²) in [5.74, 6) is -1.82. The second kappa shape index (κ2) is 4.82. The van der Waals surface area contributed by atoms with Crippen LogP contribution >= 0.6 is 0 Å². The SMILES string of the molecule is CCCC(=O)C(F)C(=O)OC. The second-order valence-corrected chi connectivity index (χ2v) is 2.10. The highest BCUT2D eigenvalue weighted by Gasteiger charge is 2.25. The number of carbonyl (C=O) groups excluding carboxylic acids is 2. The molecule has 1 atom stereocenters. The summed E-state index contributed by atoms with van der Waals surface area (Å²) in [7, 11) is 1.05. The Labute approximate surface area is 64.5 Å². The fourth-order valence-electron chi connectivity index (χ4n) is 0.608. The first kappa shape index (κ1) is 10.1. The number of rotatable bonds is 4. The Morgan fingerprint density at radius 2 is 2.09 bits per heavy atom. The smallest absolute Gasteiger partial charge is 0.348 e. The van der Waals surface area contributed by atoms with Crippen molar-refractivity contribution in [2.45, 2.75) is 25.9 Å². The first-order valence-electron chi connectivity index (χ1n) is 3.38. The van der Waals surface area contributed by atoms with E-state index >= 15 is 0 Å². The third-order valence-corrected chi connectivity index (χ3v) is 1.19. The zero-order valence-electron chi connectivity index (χ0n) is 6.59. The van der Waals surface area contributed by atoms with Crippen LogP contribution in [0.2, 0.25) is 0 Å². The summed E-state index contributed by atoms with van der Waals surface area (Å²) in [6.07, 6.45) is -1.48. The van der Waals surface area contributed by atoms with E-state index in [1.165, 1.54) is 0 Å². The zero-order valence-corrected chi connectivity index (χ0v) is 6.59. The summed E-state index contributed by atoms with van der Waals surface area (Å²) in [5.41, 5.74) is 0. The molecule has 0 radical (unpaired) electrons. The lowest BCUT2D eigenvalue weighted by Gasteiger charge is -2.02. The van der Waals surface area contributed by atoms with Gasteiger partial charge in [-0.3, -0.25) is 4.79 Å². The summed E-state index contributed by atoms with van der Waals surface area (Å²) in [5, 5.41) is 0. The van der Waals surface area contributed by atoms with Crippen molar-refractivity contribution in [3.63, 3.8) is 0 Å². The van der Waals surface area contributed by atoms with Gasteiger partial charge >= 0.3 is 5.97 Å². The molecule has 11 heavy (non-hydrogen) atoms. The first-order valence-corrected chi connectivity index (χ1v) is 3.38. The molecular formula is C7H11FO3. The number of hydrogen-bond acceptors (Lipinski definition) is 3. The van der Waals surface area contributed by atoms with Crippen molar-refractivity contribution in [2.24, 2.45) is 0 Å². The molecule has 0 spiro atoms. The number of methoxy groups -OCH3 is 1. The number of Topliss-reactive ketones (excluding diaryl/α,β-unsaturated/α-hetero) is 1. The summed E-state index contributed by atoms with van der Waals surface area (Å²) in [4.78, 5) is 21.1. The molecule has 0 aromatic rings. The average Bonchev–Trinajstić information content (AvgIpc) is 2.02. The fourth-order valence-corrected chi connectivity index (χ4v) is 0.608. The number of halogens is 1. The van der Waals surface area contributed by atoms with Gasteiger partial charge in [0.05, 0.1) is 7.11 Å². The van der Waals surface area contributed by atoms with Crippen molar-refractivity contribution in [2.75, 3.05) is 7.11 Å². The van der Waals surface area contributed by atoms with Gasteiger partial charge in [0.1, 0.15) is 0 Å².